The Morgan fingerprint density at radius 1 is 1.02 bits per heavy atom. The van der Waals surface area contributed by atoms with Crippen LogP contribution in [0, 0.1) is 11.8 Å². The van der Waals surface area contributed by atoms with Crippen molar-refractivity contribution in [3.63, 3.8) is 0 Å². The van der Waals surface area contributed by atoms with E-state index >= 15 is 0 Å². The van der Waals surface area contributed by atoms with Gasteiger partial charge in [-0.1, -0.05) is 11.6 Å². The van der Waals surface area contributed by atoms with Gasteiger partial charge in [0.25, 0.3) is 5.91 Å². The van der Waals surface area contributed by atoms with Crippen molar-refractivity contribution in [2.75, 3.05) is 34.7 Å². The second-order valence-electron chi connectivity index (χ2n) is 9.85. The predicted molar refractivity (Wildman–Crippen MR) is 154 cm³/mol. The Balaban J connectivity index is 1.43. The summed E-state index contributed by atoms with van der Waals surface area (Å²) in [7, 11) is 4.60. The van der Waals surface area contributed by atoms with Gasteiger partial charge < -0.3 is 33.7 Å². The Kier molecular flexibility index (Phi) is 7.42. The zero-order chi connectivity index (χ0) is 29.5. The monoisotopic (exact) mass is 611 g/mol. The highest BCUT2D eigenvalue weighted by Gasteiger charge is 2.53. The fourth-order valence-corrected chi connectivity index (χ4v) is 6.33. The Labute approximate surface area is 251 Å². The molecule has 1 aliphatic carbocycles. The van der Waals surface area contributed by atoms with E-state index < -0.39 is 23.8 Å². The molecule has 1 amide bonds. The van der Waals surface area contributed by atoms with Gasteiger partial charge >= 0.3 is 5.97 Å². The summed E-state index contributed by atoms with van der Waals surface area (Å²) in [6, 6.07) is 8.42. The van der Waals surface area contributed by atoms with Crippen LogP contribution in [0.2, 0.25) is 5.02 Å². The Morgan fingerprint density at radius 3 is 2.36 bits per heavy atom. The van der Waals surface area contributed by atoms with Crippen molar-refractivity contribution in [1.82, 2.24) is 15.6 Å². The number of ether oxygens (including phenoxy) is 6. The molecule has 11 nitrogen and oxygen atoms in total. The third-order valence-electron chi connectivity index (χ3n) is 7.76. The van der Waals surface area contributed by atoms with Crippen LogP contribution < -0.4 is 34.3 Å². The van der Waals surface area contributed by atoms with Crippen molar-refractivity contribution >= 4 is 40.8 Å². The maximum absolute atomic E-state index is 13.4. The minimum absolute atomic E-state index is 0.0536. The standard InChI is InChI=1S/C29H26ClN3O8S/c1-36-21-6-13(7-22(37-2)26(21)38-3)23-14-8-19-20(41-12-40-19)9-15(14)25(17-11-39-28(35)24(17)23)32-29(42)33-27(34)16-10-31-5-4-18(16)30/h4-10,17,23-25H,11-12H2,1-3H3,(H2,32,33,34,42)/t17-,23+,24-,25+/m0/s1. The third kappa shape index (κ3) is 4.70. The molecule has 0 radical (unpaired) electrons. The second-order valence-corrected chi connectivity index (χ2v) is 10.7. The predicted octanol–water partition coefficient (Wildman–Crippen LogP) is 3.77. The Hall–Kier alpha value is -4.29. The SMILES string of the molecule is COc1cc([C@@H]2c3cc4c(cc3[C@@H](NC(=S)NC(=O)c3cnccc3Cl)[C@H]3COC(=O)[C@H]23)OCO4)cc(OC)c1OC. The van der Waals surface area contributed by atoms with Crippen LogP contribution in [0.1, 0.15) is 39.0 Å². The van der Waals surface area contributed by atoms with Gasteiger partial charge in [0, 0.05) is 24.2 Å². The van der Waals surface area contributed by atoms with Crippen LogP contribution >= 0.6 is 23.8 Å². The number of cyclic esters (lactones) is 1. The second kappa shape index (κ2) is 11.2. The summed E-state index contributed by atoms with van der Waals surface area (Å²) in [5, 5.41) is 6.22. The lowest BCUT2D eigenvalue weighted by Gasteiger charge is -2.40. The molecule has 42 heavy (non-hydrogen) atoms. The molecule has 218 valence electrons. The number of carbonyl (C=O) groups excluding carboxylic acids is 2. The molecule has 3 aliphatic rings. The molecule has 1 fully saturated rings. The first-order valence-electron chi connectivity index (χ1n) is 13.0. The first-order valence-corrected chi connectivity index (χ1v) is 13.7. The van der Waals surface area contributed by atoms with Gasteiger partial charge in [0.15, 0.2) is 28.1 Å². The summed E-state index contributed by atoms with van der Waals surface area (Å²) < 4.78 is 33.8. The van der Waals surface area contributed by atoms with E-state index in [0.29, 0.717) is 28.7 Å². The van der Waals surface area contributed by atoms with E-state index in [1.54, 1.807) is 0 Å². The van der Waals surface area contributed by atoms with E-state index in [2.05, 4.69) is 15.6 Å². The molecule has 0 unspecified atom stereocenters. The summed E-state index contributed by atoms with van der Waals surface area (Å²) in [6.45, 7) is 0.210. The van der Waals surface area contributed by atoms with Crippen molar-refractivity contribution in [2.45, 2.75) is 12.0 Å². The van der Waals surface area contributed by atoms with Gasteiger partial charge in [-0.15, -0.1) is 0 Å². The van der Waals surface area contributed by atoms with Crippen molar-refractivity contribution in [3.8, 4) is 28.7 Å². The normalized spacial score (nSPS) is 21.5. The number of rotatable bonds is 6. The van der Waals surface area contributed by atoms with Gasteiger partial charge in [0.2, 0.25) is 12.5 Å². The molecule has 2 N–H and O–H groups in total. The third-order valence-corrected chi connectivity index (χ3v) is 8.31. The van der Waals surface area contributed by atoms with Gasteiger partial charge in [-0.05, 0) is 59.2 Å². The molecule has 0 saturated carbocycles. The minimum Gasteiger partial charge on any atom is -0.493 e. The molecular formula is C29H26ClN3O8S. The number of hydrogen-bond donors (Lipinski definition) is 2. The number of pyridine rings is 1. The van der Waals surface area contributed by atoms with Crippen LogP contribution in [0.25, 0.3) is 0 Å². The minimum atomic E-state index is -0.607. The van der Waals surface area contributed by atoms with Crippen LogP contribution in [0.3, 0.4) is 0 Å². The zero-order valence-corrected chi connectivity index (χ0v) is 24.3. The molecule has 2 aliphatic heterocycles. The molecule has 3 heterocycles. The quantitative estimate of drug-likeness (QED) is 0.312. The molecule has 2 aromatic carbocycles. The summed E-state index contributed by atoms with van der Waals surface area (Å²) in [4.78, 5) is 30.2. The van der Waals surface area contributed by atoms with E-state index in [-0.39, 0.29) is 41.0 Å². The maximum Gasteiger partial charge on any atom is 0.310 e. The fraction of sp³-hybridized carbons (Fsp3) is 0.310. The summed E-state index contributed by atoms with van der Waals surface area (Å²) in [6.07, 6.45) is 2.85. The Bertz CT molecular complexity index is 1580. The van der Waals surface area contributed by atoms with E-state index in [1.165, 1.54) is 39.8 Å². The maximum atomic E-state index is 13.4. The molecule has 0 spiro atoms. The Morgan fingerprint density at radius 2 is 1.71 bits per heavy atom. The van der Waals surface area contributed by atoms with Gasteiger partial charge in [-0.3, -0.25) is 19.9 Å². The number of aromatic nitrogens is 1. The lowest BCUT2D eigenvalue weighted by atomic mass is 9.65. The largest absolute Gasteiger partial charge is 0.493 e. The number of methoxy groups -OCH3 is 3. The number of benzene rings is 2. The van der Waals surface area contributed by atoms with Gasteiger partial charge in [-0.25, -0.2) is 0 Å². The number of thiocarbonyl (C=S) groups is 1. The summed E-state index contributed by atoms with van der Waals surface area (Å²) >= 11 is 11.7. The highest BCUT2D eigenvalue weighted by Crippen LogP contribution is 2.55. The lowest BCUT2D eigenvalue weighted by Crippen LogP contribution is -2.47. The van der Waals surface area contributed by atoms with Crippen LogP contribution in [-0.4, -0.2) is 56.7 Å². The highest BCUT2D eigenvalue weighted by atomic mass is 35.5. The van der Waals surface area contributed by atoms with Crippen LogP contribution in [0.5, 0.6) is 28.7 Å². The molecule has 1 saturated heterocycles. The van der Waals surface area contributed by atoms with Crippen LogP contribution in [0.4, 0.5) is 0 Å². The summed E-state index contributed by atoms with van der Waals surface area (Å²) in [5.74, 6) is 0.163. The molecular weight excluding hydrogens is 586 g/mol. The van der Waals surface area contributed by atoms with Crippen molar-refractivity contribution in [3.05, 3.63) is 70.0 Å². The van der Waals surface area contributed by atoms with Gasteiger partial charge in [-0.2, -0.15) is 0 Å². The smallest absolute Gasteiger partial charge is 0.310 e. The van der Waals surface area contributed by atoms with Gasteiger partial charge in [0.1, 0.15) is 0 Å². The molecule has 3 aromatic rings. The van der Waals surface area contributed by atoms with E-state index in [9.17, 15) is 9.59 Å². The number of amides is 1. The first-order chi connectivity index (χ1) is 20.3. The van der Waals surface area contributed by atoms with Gasteiger partial charge in [0.05, 0.1) is 50.5 Å². The van der Waals surface area contributed by atoms with E-state index in [0.717, 1.165) is 16.7 Å². The number of carbonyl (C=O) groups is 2. The molecule has 4 atom stereocenters. The average Bonchev–Trinajstić information content (AvgIpc) is 3.61. The number of fused-ring (bicyclic) bond motifs is 3. The highest BCUT2D eigenvalue weighted by molar-refractivity contribution is 7.80. The fourth-order valence-electron chi connectivity index (χ4n) is 5.92. The topological polar surface area (TPSA) is 126 Å². The number of nitrogens with one attached hydrogen (secondary N) is 2. The first kappa shape index (κ1) is 27.9. The average molecular weight is 612 g/mol. The zero-order valence-electron chi connectivity index (χ0n) is 22.8. The van der Waals surface area contributed by atoms with E-state index in [4.69, 9.17) is 52.2 Å². The number of hydrogen-bond acceptors (Lipinski definition) is 10. The molecule has 0 bridgehead atoms. The van der Waals surface area contributed by atoms with Crippen LogP contribution in [0.15, 0.2) is 42.7 Å². The van der Waals surface area contributed by atoms with Crippen molar-refractivity contribution in [1.29, 1.82) is 0 Å². The molecule has 1 aromatic heterocycles. The number of nitrogens with zero attached hydrogens (tertiary/aromatic N) is 1. The summed E-state index contributed by atoms with van der Waals surface area (Å²) in [5.41, 5.74) is 2.55. The van der Waals surface area contributed by atoms with Crippen molar-refractivity contribution < 1.29 is 38.0 Å². The van der Waals surface area contributed by atoms with Crippen LogP contribution in [-0.2, 0) is 9.53 Å². The number of esters is 1. The molecule has 13 heteroatoms. The molecule has 6 rings (SSSR count). The van der Waals surface area contributed by atoms with Crippen molar-refractivity contribution in [2.24, 2.45) is 11.8 Å². The number of halogens is 1. The lowest BCUT2D eigenvalue weighted by molar-refractivity contribution is -0.141. The van der Waals surface area contributed by atoms with E-state index in [1.807, 2.05) is 24.3 Å².